The van der Waals surface area contributed by atoms with Crippen LogP contribution in [0.1, 0.15) is 46.4 Å². The van der Waals surface area contributed by atoms with Crippen LogP contribution in [-0.2, 0) is 22.7 Å². The van der Waals surface area contributed by atoms with Crippen LogP contribution in [0.25, 0.3) is 22.1 Å². The lowest BCUT2D eigenvalue weighted by atomic mass is 10.1. The molecule has 174 valence electrons. The minimum atomic E-state index is -0.242. The van der Waals surface area contributed by atoms with Gasteiger partial charge in [0.05, 0.1) is 18.7 Å². The number of carbonyl (C=O) groups is 1. The van der Waals surface area contributed by atoms with Crippen molar-refractivity contribution < 1.29 is 14.4 Å². The summed E-state index contributed by atoms with van der Waals surface area (Å²) in [6.07, 6.45) is 3.27. The predicted molar refractivity (Wildman–Crippen MR) is 124 cm³/mol. The number of ether oxygens (including phenoxy) is 1. The second kappa shape index (κ2) is 10.6. The van der Waals surface area contributed by atoms with Gasteiger partial charge in [-0.3, -0.25) is 9.82 Å². The summed E-state index contributed by atoms with van der Waals surface area (Å²) in [4.78, 5) is 31.4. The molecule has 0 saturated carbocycles. The monoisotopic (exact) mass is 443 g/mol. The third-order valence-electron chi connectivity index (χ3n) is 5.19. The molecule has 32 heavy (non-hydrogen) atoms. The van der Waals surface area contributed by atoms with Gasteiger partial charge in [0, 0.05) is 25.4 Å². The minimum Gasteiger partial charge on any atom is -0.382 e. The highest BCUT2D eigenvalue weighted by Crippen LogP contribution is 2.28. The maximum atomic E-state index is 12.4. The summed E-state index contributed by atoms with van der Waals surface area (Å²) in [5.41, 5.74) is 9.20. The number of aromatic nitrogens is 4. The average Bonchev–Trinajstić information content (AvgIpc) is 3.11. The second-order valence-electron chi connectivity index (χ2n) is 7.99. The quantitative estimate of drug-likeness (QED) is 0.461. The fourth-order valence-electron chi connectivity index (χ4n) is 3.75. The molecule has 3 heterocycles. The predicted octanol–water partition coefficient (Wildman–Crippen LogP) is 3.25. The van der Waals surface area contributed by atoms with Gasteiger partial charge in [-0.05, 0) is 52.7 Å². The van der Waals surface area contributed by atoms with Crippen molar-refractivity contribution in [2.75, 3.05) is 19.5 Å². The number of hydrogen-bond donors (Lipinski definition) is 2. The van der Waals surface area contributed by atoms with Crippen LogP contribution in [-0.4, -0.2) is 56.4 Å². The highest BCUT2D eigenvalue weighted by Gasteiger charge is 2.22. The molecule has 2 amide bonds. The first-order valence-electron chi connectivity index (χ1n) is 11.0. The van der Waals surface area contributed by atoms with Crippen molar-refractivity contribution in [2.24, 2.45) is 0 Å². The molecule has 0 aromatic carbocycles. The third-order valence-corrected chi connectivity index (χ3v) is 5.19. The SMILES string of the molecule is CCOCc1nc2c(N)nc3cccnc3c2n1CCCC(C)N(OC)C(=O)NC(C)C. The van der Waals surface area contributed by atoms with Crippen LogP contribution < -0.4 is 11.1 Å². The Kier molecular flexibility index (Phi) is 7.81. The molecule has 0 aliphatic rings. The fraction of sp³-hybridized carbons (Fsp3) is 0.545. The number of imidazole rings is 1. The van der Waals surface area contributed by atoms with E-state index in [4.69, 9.17) is 20.3 Å². The zero-order valence-electron chi connectivity index (χ0n) is 19.5. The molecular weight excluding hydrogens is 410 g/mol. The van der Waals surface area contributed by atoms with Crippen molar-refractivity contribution in [3.8, 4) is 0 Å². The molecule has 0 saturated heterocycles. The zero-order valence-corrected chi connectivity index (χ0v) is 19.5. The van der Waals surface area contributed by atoms with E-state index in [0.29, 0.717) is 31.1 Å². The third kappa shape index (κ3) is 5.08. The Morgan fingerprint density at radius 3 is 2.75 bits per heavy atom. The Balaban J connectivity index is 1.86. The molecule has 1 unspecified atom stereocenters. The molecule has 3 aromatic rings. The van der Waals surface area contributed by atoms with Crippen LogP contribution >= 0.6 is 0 Å². The molecule has 0 radical (unpaired) electrons. The normalized spacial score (nSPS) is 12.6. The van der Waals surface area contributed by atoms with E-state index in [0.717, 1.165) is 35.2 Å². The number of anilines is 1. The summed E-state index contributed by atoms with van der Waals surface area (Å²) in [6, 6.07) is 3.42. The van der Waals surface area contributed by atoms with Gasteiger partial charge in [0.2, 0.25) is 0 Å². The van der Waals surface area contributed by atoms with Gasteiger partial charge in [0.1, 0.15) is 29.0 Å². The number of nitrogen functional groups attached to an aromatic ring is 1. The first-order valence-corrected chi connectivity index (χ1v) is 11.0. The molecule has 0 aliphatic heterocycles. The number of hydroxylamine groups is 2. The van der Waals surface area contributed by atoms with E-state index in [1.165, 1.54) is 12.2 Å². The summed E-state index contributed by atoms with van der Waals surface area (Å²) >= 11 is 0. The molecule has 0 fully saturated rings. The molecule has 0 bridgehead atoms. The van der Waals surface area contributed by atoms with Gasteiger partial charge in [-0.25, -0.2) is 19.8 Å². The van der Waals surface area contributed by atoms with Crippen molar-refractivity contribution >= 4 is 33.9 Å². The number of aryl methyl sites for hydroxylation is 1. The van der Waals surface area contributed by atoms with E-state index < -0.39 is 0 Å². The number of pyridine rings is 2. The van der Waals surface area contributed by atoms with Crippen molar-refractivity contribution in [3.63, 3.8) is 0 Å². The van der Waals surface area contributed by atoms with Crippen molar-refractivity contribution in [3.05, 3.63) is 24.2 Å². The summed E-state index contributed by atoms with van der Waals surface area (Å²) in [7, 11) is 1.51. The summed E-state index contributed by atoms with van der Waals surface area (Å²) in [6.45, 7) is 9.37. The topological polar surface area (TPSA) is 120 Å². The number of urea groups is 1. The Hall–Kier alpha value is -2.98. The first kappa shape index (κ1) is 23.7. The Morgan fingerprint density at radius 1 is 1.28 bits per heavy atom. The van der Waals surface area contributed by atoms with Gasteiger partial charge in [-0.15, -0.1) is 0 Å². The molecule has 0 aliphatic carbocycles. The number of rotatable bonds is 10. The molecule has 10 heteroatoms. The largest absolute Gasteiger partial charge is 0.382 e. The van der Waals surface area contributed by atoms with Crippen LogP contribution in [0.4, 0.5) is 10.6 Å². The van der Waals surface area contributed by atoms with Crippen molar-refractivity contribution in [1.82, 2.24) is 29.9 Å². The van der Waals surface area contributed by atoms with Crippen LogP contribution in [0.15, 0.2) is 18.3 Å². The Bertz CT molecular complexity index is 1070. The first-order chi connectivity index (χ1) is 15.4. The number of fused-ring (bicyclic) bond motifs is 3. The fourth-order valence-corrected chi connectivity index (χ4v) is 3.75. The van der Waals surface area contributed by atoms with Gasteiger partial charge in [-0.1, -0.05) is 0 Å². The highest BCUT2D eigenvalue weighted by molar-refractivity contribution is 6.04. The number of carbonyl (C=O) groups excluding carboxylic acids is 1. The molecular formula is C22H33N7O3. The summed E-state index contributed by atoms with van der Waals surface area (Å²) in [5.74, 6) is 1.16. The number of nitrogens with two attached hydrogens (primary N) is 1. The lowest BCUT2D eigenvalue weighted by molar-refractivity contribution is -0.114. The van der Waals surface area contributed by atoms with Gasteiger partial charge in [0.25, 0.3) is 0 Å². The molecule has 3 aromatic heterocycles. The minimum absolute atomic E-state index is 0.0330. The number of amides is 2. The molecule has 0 spiro atoms. The standard InChI is InChI=1S/C22H33N7O3/c1-6-32-13-17-27-19-20(18-16(26-21(19)23)10-7-11-24-18)28(17)12-8-9-15(4)29(31-5)22(30)25-14(2)3/h7,10-11,14-15H,6,8-9,12-13H2,1-5H3,(H2,23,26)(H,25,30). The second-order valence-corrected chi connectivity index (χ2v) is 7.99. The lowest BCUT2D eigenvalue weighted by Crippen LogP contribution is -2.46. The lowest BCUT2D eigenvalue weighted by Gasteiger charge is -2.27. The van der Waals surface area contributed by atoms with E-state index in [-0.39, 0.29) is 18.1 Å². The molecule has 3 rings (SSSR count). The van der Waals surface area contributed by atoms with Gasteiger partial charge < -0.3 is 20.4 Å². The van der Waals surface area contributed by atoms with Crippen molar-refractivity contribution in [1.29, 1.82) is 0 Å². The maximum absolute atomic E-state index is 12.4. The average molecular weight is 444 g/mol. The smallest absolute Gasteiger partial charge is 0.341 e. The van der Waals surface area contributed by atoms with Gasteiger partial charge >= 0.3 is 6.03 Å². The van der Waals surface area contributed by atoms with E-state index in [1.807, 2.05) is 39.8 Å². The van der Waals surface area contributed by atoms with E-state index >= 15 is 0 Å². The summed E-state index contributed by atoms with van der Waals surface area (Å²) < 4.78 is 7.75. The van der Waals surface area contributed by atoms with Crippen molar-refractivity contribution in [2.45, 2.75) is 65.8 Å². The van der Waals surface area contributed by atoms with Gasteiger partial charge in [0.15, 0.2) is 5.82 Å². The number of nitrogens with one attached hydrogen (secondary N) is 1. The maximum Gasteiger partial charge on any atom is 0.341 e. The van der Waals surface area contributed by atoms with Crippen LogP contribution in [0, 0.1) is 0 Å². The molecule has 1 atom stereocenters. The summed E-state index contributed by atoms with van der Waals surface area (Å²) in [5, 5.41) is 4.24. The zero-order chi connectivity index (χ0) is 23.3. The van der Waals surface area contributed by atoms with Crippen LogP contribution in [0.5, 0.6) is 0 Å². The van der Waals surface area contributed by atoms with E-state index in [9.17, 15) is 4.79 Å². The molecule has 3 N–H and O–H groups in total. The van der Waals surface area contributed by atoms with Crippen LogP contribution in [0.3, 0.4) is 0 Å². The molecule has 10 nitrogen and oxygen atoms in total. The van der Waals surface area contributed by atoms with Gasteiger partial charge in [-0.2, -0.15) is 0 Å². The Morgan fingerprint density at radius 2 is 2.06 bits per heavy atom. The van der Waals surface area contributed by atoms with E-state index in [2.05, 4.69) is 19.9 Å². The van der Waals surface area contributed by atoms with E-state index in [1.54, 1.807) is 6.20 Å². The number of nitrogens with zero attached hydrogens (tertiary/aromatic N) is 5. The highest BCUT2D eigenvalue weighted by atomic mass is 16.7. The van der Waals surface area contributed by atoms with Crippen LogP contribution in [0.2, 0.25) is 0 Å². The number of hydrogen-bond acceptors (Lipinski definition) is 7. The Labute approximate surface area is 188 Å².